The molecule has 28 heavy (non-hydrogen) atoms. The fourth-order valence-electron chi connectivity index (χ4n) is 3.02. The van der Waals surface area contributed by atoms with Crippen LogP contribution < -0.4 is 5.32 Å². The average Bonchev–Trinajstić information content (AvgIpc) is 2.73. The number of halogens is 1. The SMILES string of the molecule is O=C(NCCCc1ccccc1Cl)c1cccc(S(=O)(=O)N2CCOCC2)c1. The van der Waals surface area contributed by atoms with Crippen molar-refractivity contribution in [2.45, 2.75) is 17.7 Å². The molecule has 0 atom stereocenters. The fourth-order valence-corrected chi connectivity index (χ4v) is 4.70. The number of aryl methyl sites for hydroxylation is 1. The molecule has 1 heterocycles. The number of sulfonamides is 1. The van der Waals surface area contributed by atoms with Crippen LogP contribution >= 0.6 is 11.6 Å². The van der Waals surface area contributed by atoms with E-state index in [4.69, 9.17) is 16.3 Å². The first-order chi connectivity index (χ1) is 13.5. The number of ether oxygens (including phenoxy) is 1. The Morgan fingerprint density at radius 3 is 2.61 bits per heavy atom. The standard InChI is InChI=1S/C20H23ClN2O4S/c21-19-9-2-1-5-16(19)7-4-10-22-20(24)17-6-3-8-18(15-17)28(25,26)23-11-13-27-14-12-23/h1-3,5-6,8-9,15H,4,7,10-14H2,(H,22,24). The summed E-state index contributed by atoms with van der Waals surface area (Å²) in [6, 6.07) is 13.8. The van der Waals surface area contributed by atoms with Crippen LogP contribution in [0.1, 0.15) is 22.3 Å². The number of nitrogens with zero attached hydrogens (tertiary/aromatic N) is 1. The number of carbonyl (C=O) groups excluding carboxylic acids is 1. The number of amides is 1. The molecule has 0 saturated carbocycles. The zero-order valence-electron chi connectivity index (χ0n) is 15.4. The molecule has 1 amide bonds. The van der Waals surface area contributed by atoms with Gasteiger partial charge in [-0.25, -0.2) is 8.42 Å². The van der Waals surface area contributed by atoms with E-state index in [1.165, 1.54) is 16.4 Å². The van der Waals surface area contributed by atoms with Crippen molar-refractivity contribution in [1.29, 1.82) is 0 Å². The maximum absolute atomic E-state index is 12.7. The smallest absolute Gasteiger partial charge is 0.251 e. The third-order valence-electron chi connectivity index (χ3n) is 4.57. The van der Waals surface area contributed by atoms with E-state index in [2.05, 4.69) is 5.32 Å². The Bertz CT molecular complexity index is 927. The molecule has 150 valence electrons. The van der Waals surface area contributed by atoms with E-state index < -0.39 is 10.0 Å². The van der Waals surface area contributed by atoms with Crippen molar-refractivity contribution >= 4 is 27.5 Å². The lowest BCUT2D eigenvalue weighted by Gasteiger charge is -2.26. The lowest BCUT2D eigenvalue weighted by Crippen LogP contribution is -2.40. The molecule has 0 unspecified atom stereocenters. The van der Waals surface area contributed by atoms with Gasteiger partial charge in [-0.1, -0.05) is 35.9 Å². The van der Waals surface area contributed by atoms with Crippen LogP contribution in [0.2, 0.25) is 5.02 Å². The molecule has 8 heteroatoms. The lowest BCUT2D eigenvalue weighted by molar-refractivity contribution is 0.0730. The number of benzene rings is 2. The fraction of sp³-hybridized carbons (Fsp3) is 0.350. The molecule has 2 aromatic carbocycles. The minimum atomic E-state index is -3.63. The van der Waals surface area contributed by atoms with Gasteiger partial charge < -0.3 is 10.1 Å². The van der Waals surface area contributed by atoms with E-state index in [1.807, 2.05) is 24.3 Å². The van der Waals surface area contributed by atoms with E-state index in [-0.39, 0.29) is 10.8 Å². The van der Waals surface area contributed by atoms with Crippen molar-refractivity contribution in [3.63, 3.8) is 0 Å². The molecule has 1 fully saturated rings. The number of morpholine rings is 1. The summed E-state index contributed by atoms with van der Waals surface area (Å²) in [6.45, 7) is 1.88. The Kier molecular flexibility index (Phi) is 7.07. The molecule has 1 aliphatic heterocycles. The number of nitrogens with one attached hydrogen (secondary N) is 1. The minimum absolute atomic E-state index is 0.123. The first-order valence-electron chi connectivity index (χ1n) is 9.18. The highest BCUT2D eigenvalue weighted by Gasteiger charge is 2.26. The highest BCUT2D eigenvalue weighted by atomic mass is 35.5. The van der Waals surface area contributed by atoms with E-state index in [9.17, 15) is 13.2 Å². The predicted molar refractivity (Wildman–Crippen MR) is 108 cm³/mol. The Morgan fingerprint density at radius 1 is 1.11 bits per heavy atom. The highest BCUT2D eigenvalue weighted by Crippen LogP contribution is 2.19. The van der Waals surface area contributed by atoms with Crippen molar-refractivity contribution in [2.24, 2.45) is 0 Å². The second-order valence-electron chi connectivity index (χ2n) is 6.50. The number of rotatable bonds is 7. The van der Waals surface area contributed by atoms with Crippen LogP contribution in [0.5, 0.6) is 0 Å². The average molecular weight is 423 g/mol. The van der Waals surface area contributed by atoms with Gasteiger partial charge in [-0.15, -0.1) is 0 Å². The van der Waals surface area contributed by atoms with Gasteiger partial charge in [0.05, 0.1) is 18.1 Å². The van der Waals surface area contributed by atoms with Gasteiger partial charge in [-0.05, 0) is 42.7 Å². The van der Waals surface area contributed by atoms with Gasteiger partial charge in [0.1, 0.15) is 0 Å². The van der Waals surface area contributed by atoms with E-state index in [1.54, 1.807) is 12.1 Å². The number of hydrogen-bond donors (Lipinski definition) is 1. The Labute approximate surface area is 170 Å². The lowest BCUT2D eigenvalue weighted by atomic mass is 10.1. The molecular formula is C20H23ClN2O4S. The van der Waals surface area contributed by atoms with Crippen LogP contribution in [0.25, 0.3) is 0 Å². The summed E-state index contributed by atoms with van der Waals surface area (Å²) >= 11 is 6.13. The first kappa shape index (κ1) is 20.8. The maximum Gasteiger partial charge on any atom is 0.251 e. The molecule has 2 aromatic rings. The summed E-state index contributed by atoms with van der Waals surface area (Å²) in [4.78, 5) is 12.5. The van der Waals surface area contributed by atoms with Crippen LogP contribution in [0.4, 0.5) is 0 Å². The second kappa shape index (κ2) is 9.52. The normalized spacial score (nSPS) is 15.3. The third kappa shape index (κ3) is 5.11. The summed E-state index contributed by atoms with van der Waals surface area (Å²) < 4.78 is 32.1. The van der Waals surface area contributed by atoms with E-state index in [0.29, 0.717) is 38.4 Å². The zero-order valence-corrected chi connectivity index (χ0v) is 17.0. The topological polar surface area (TPSA) is 75.7 Å². The summed E-state index contributed by atoms with van der Waals surface area (Å²) in [5, 5.41) is 3.55. The zero-order chi connectivity index (χ0) is 20.0. The molecule has 3 rings (SSSR count). The van der Waals surface area contributed by atoms with E-state index >= 15 is 0 Å². The van der Waals surface area contributed by atoms with Crippen LogP contribution in [-0.2, 0) is 21.2 Å². The van der Waals surface area contributed by atoms with Gasteiger partial charge in [0, 0.05) is 30.2 Å². The van der Waals surface area contributed by atoms with Gasteiger partial charge in [0.25, 0.3) is 5.91 Å². The number of hydrogen-bond acceptors (Lipinski definition) is 4. The monoisotopic (exact) mass is 422 g/mol. The molecule has 0 radical (unpaired) electrons. The minimum Gasteiger partial charge on any atom is -0.379 e. The maximum atomic E-state index is 12.7. The Balaban J connectivity index is 1.58. The Morgan fingerprint density at radius 2 is 1.86 bits per heavy atom. The largest absolute Gasteiger partial charge is 0.379 e. The molecule has 1 saturated heterocycles. The quantitative estimate of drug-likeness (QED) is 0.696. The van der Waals surface area contributed by atoms with Gasteiger partial charge in [0.2, 0.25) is 10.0 Å². The van der Waals surface area contributed by atoms with Crippen molar-refractivity contribution < 1.29 is 17.9 Å². The van der Waals surface area contributed by atoms with Crippen LogP contribution in [0, 0.1) is 0 Å². The van der Waals surface area contributed by atoms with Crippen molar-refractivity contribution in [2.75, 3.05) is 32.8 Å². The second-order valence-corrected chi connectivity index (χ2v) is 8.84. The third-order valence-corrected chi connectivity index (χ3v) is 6.83. The van der Waals surface area contributed by atoms with Gasteiger partial charge in [-0.2, -0.15) is 4.31 Å². The summed E-state index contributed by atoms with van der Waals surface area (Å²) in [5.41, 5.74) is 1.36. The molecule has 1 N–H and O–H groups in total. The summed E-state index contributed by atoms with van der Waals surface area (Å²) in [6.07, 6.45) is 1.49. The Hall–Kier alpha value is -1.93. The van der Waals surface area contributed by atoms with Gasteiger partial charge >= 0.3 is 0 Å². The molecule has 0 spiro atoms. The van der Waals surface area contributed by atoms with Crippen LogP contribution in [-0.4, -0.2) is 51.5 Å². The molecule has 0 bridgehead atoms. The molecule has 0 aliphatic carbocycles. The van der Waals surface area contributed by atoms with Crippen LogP contribution in [0.3, 0.4) is 0 Å². The molecular weight excluding hydrogens is 400 g/mol. The van der Waals surface area contributed by atoms with Gasteiger partial charge in [-0.3, -0.25) is 4.79 Å². The van der Waals surface area contributed by atoms with Crippen LogP contribution in [0.15, 0.2) is 53.4 Å². The molecule has 0 aromatic heterocycles. The summed E-state index contributed by atoms with van der Waals surface area (Å²) in [5.74, 6) is -0.293. The highest BCUT2D eigenvalue weighted by molar-refractivity contribution is 7.89. The molecule has 1 aliphatic rings. The van der Waals surface area contributed by atoms with Crippen molar-refractivity contribution in [3.8, 4) is 0 Å². The van der Waals surface area contributed by atoms with E-state index in [0.717, 1.165) is 23.4 Å². The predicted octanol–water partition coefficient (Wildman–Crippen LogP) is 2.72. The van der Waals surface area contributed by atoms with Gasteiger partial charge in [0.15, 0.2) is 0 Å². The molecule has 6 nitrogen and oxygen atoms in total. The van der Waals surface area contributed by atoms with Crippen molar-refractivity contribution in [3.05, 3.63) is 64.7 Å². The summed E-state index contributed by atoms with van der Waals surface area (Å²) in [7, 11) is -3.63. The number of carbonyl (C=O) groups is 1. The first-order valence-corrected chi connectivity index (χ1v) is 11.0. The van der Waals surface area contributed by atoms with Crippen molar-refractivity contribution in [1.82, 2.24) is 9.62 Å².